The second-order valence-electron chi connectivity index (χ2n) is 6.24. The number of carbonyl (C=O) groups is 1. The Hall–Kier alpha value is -2.28. The lowest BCUT2D eigenvalue weighted by molar-refractivity contribution is 0.231. The molecule has 1 aliphatic rings. The minimum atomic E-state index is -0.179. The van der Waals surface area contributed by atoms with Gasteiger partial charge in [-0.25, -0.2) is 4.79 Å². The molecule has 0 fully saturated rings. The molecule has 130 valence electrons. The third kappa shape index (κ3) is 3.79. The minimum absolute atomic E-state index is 0.0173. The van der Waals surface area contributed by atoms with E-state index in [-0.39, 0.29) is 24.7 Å². The maximum Gasteiger partial charge on any atom is 0.315 e. The molecule has 2 amide bonds. The van der Waals surface area contributed by atoms with Crippen LogP contribution in [0.4, 0.5) is 4.79 Å². The number of hydrogen-bond acceptors (Lipinski definition) is 4. The summed E-state index contributed by atoms with van der Waals surface area (Å²) in [5.41, 5.74) is 2.17. The lowest BCUT2D eigenvalue weighted by Crippen LogP contribution is -2.43. The first-order chi connectivity index (χ1) is 11.7. The van der Waals surface area contributed by atoms with Crippen molar-refractivity contribution in [3.63, 3.8) is 0 Å². The smallest absolute Gasteiger partial charge is 0.315 e. The van der Waals surface area contributed by atoms with Gasteiger partial charge in [0.15, 0.2) is 0 Å². The third-order valence-electron chi connectivity index (χ3n) is 4.34. The summed E-state index contributed by atoms with van der Waals surface area (Å²) in [6.07, 6.45) is 6.93. The normalized spacial score (nSPS) is 18.0. The number of furan rings is 1. The van der Waals surface area contributed by atoms with E-state index < -0.39 is 0 Å². The largest absolute Gasteiger partial charge is 0.469 e. The Morgan fingerprint density at radius 1 is 1.58 bits per heavy atom. The predicted molar refractivity (Wildman–Crippen MR) is 88.5 cm³/mol. The Bertz CT molecular complexity index is 665. The van der Waals surface area contributed by atoms with Gasteiger partial charge in [0, 0.05) is 23.7 Å². The van der Waals surface area contributed by atoms with E-state index in [4.69, 9.17) is 9.52 Å². The van der Waals surface area contributed by atoms with E-state index in [0.29, 0.717) is 13.0 Å². The summed E-state index contributed by atoms with van der Waals surface area (Å²) in [6.45, 7) is 2.51. The molecule has 2 atom stereocenters. The van der Waals surface area contributed by atoms with Crippen LogP contribution < -0.4 is 10.6 Å². The zero-order chi connectivity index (χ0) is 16.9. The molecule has 0 bridgehead atoms. The molecule has 0 unspecified atom stereocenters. The van der Waals surface area contributed by atoms with Gasteiger partial charge in [-0.05, 0) is 38.3 Å². The first kappa shape index (κ1) is 16.6. The topological polar surface area (TPSA) is 92.3 Å². The molecule has 24 heavy (non-hydrogen) atoms. The summed E-state index contributed by atoms with van der Waals surface area (Å²) in [5, 5.41) is 19.4. The van der Waals surface area contributed by atoms with Crippen LogP contribution in [-0.4, -0.2) is 33.6 Å². The number of aliphatic hydroxyl groups is 1. The summed E-state index contributed by atoms with van der Waals surface area (Å²) in [7, 11) is 0. The molecule has 0 spiro atoms. The molecule has 2 aromatic heterocycles. The number of amides is 2. The number of rotatable bonds is 6. The average Bonchev–Trinajstić information content (AvgIpc) is 3.18. The quantitative estimate of drug-likeness (QED) is 0.752. The van der Waals surface area contributed by atoms with Crippen LogP contribution in [0.3, 0.4) is 0 Å². The number of nitrogens with one attached hydrogen (secondary N) is 2. The van der Waals surface area contributed by atoms with Crippen molar-refractivity contribution in [1.29, 1.82) is 0 Å². The Balaban J connectivity index is 1.57. The van der Waals surface area contributed by atoms with Crippen LogP contribution in [0.2, 0.25) is 0 Å². The number of nitrogens with zero attached hydrogens (tertiary/aromatic N) is 2. The van der Waals surface area contributed by atoms with Crippen molar-refractivity contribution >= 4 is 6.03 Å². The van der Waals surface area contributed by atoms with Crippen molar-refractivity contribution in [2.45, 2.75) is 51.2 Å². The van der Waals surface area contributed by atoms with E-state index >= 15 is 0 Å². The molecule has 3 N–H and O–H groups in total. The third-order valence-corrected chi connectivity index (χ3v) is 4.34. The zero-order valence-electron chi connectivity index (χ0n) is 13.9. The fourth-order valence-corrected chi connectivity index (χ4v) is 3.26. The van der Waals surface area contributed by atoms with Crippen molar-refractivity contribution in [2.24, 2.45) is 0 Å². The van der Waals surface area contributed by atoms with Crippen LogP contribution in [0.5, 0.6) is 0 Å². The average molecular weight is 332 g/mol. The second-order valence-corrected chi connectivity index (χ2v) is 6.24. The molecule has 7 heteroatoms. The van der Waals surface area contributed by atoms with Crippen LogP contribution in [0.15, 0.2) is 29.0 Å². The number of aromatic nitrogens is 2. The molecular formula is C17H24N4O3. The van der Waals surface area contributed by atoms with Crippen LogP contribution in [0, 0.1) is 0 Å². The molecule has 0 saturated carbocycles. The van der Waals surface area contributed by atoms with E-state index in [2.05, 4.69) is 15.7 Å². The maximum atomic E-state index is 12.3. The molecule has 7 nitrogen and oxygen atoms in total. The molecule has 0 saturated heterocycles. The monoisotopic (exact) mass is 332 g/mol. The molecule has 2 aromatic rings. The standard InChI is InChI=1S/C17H24N4O3/c1-12(10-13-4-3-9-24-13)19-17(23)20-15-5-2-6-16-14(15)11-18-21(16)7-8-22/h3-4,9,11-12,15,22H,2,5-8,10H2,1H3,(H2,19,20,23)/t12-,15+/m1/s1. The summed E-state index contributed by atoms with van der Waals surface area (Å²) in [6, 6.07) is 3.52. The first-order valence-corrected chi connectivity index (χ1v) is 8.42. The van der Waals surface area contributed by atoms with Gasteiger partial charge in [-0.15, -0.1) is 0 Å². The van der Waals surface area contributed by atoms with E-state index in [1.165, 1.54) is 0 Å². The Morgan fingerprint density at radius 3 is 3.21 bits per heavy atom. The number of hydrogen-bond donors (Lipinski definition) is 3. The van der Waals surface area contributed by atoms with Gasteiger partial charge in [0.1, 0.15) is 5.76 Å². The van der Waals surface area contributed by atoms with Gasteiger partial charge in [-0.2, -0.15) is 5.10 Å². The Labute approximate surface area is 141 Å². The highest BCUT2D eigenvalue weighted by Crippen LogP contribution is 2.29. The van der Waals surface area contributed by atoms with Crippen molar-refractivity contribution in [1.82, 2.24) is 20.4 Å². The van der Waals surface area contributed by atoms with E-state index in [1.807, 2.05) is 23.7 Å². The fourth-order valence-electron chi connectivity index (χ4n) is 3.26. The van der Waals surface area contributed by atoms with Gasteiger partial charge < -0.3 is 20.2 Å². The van der Waals surface area contributed by atoms with Crippen LogP contribution in [0.1, 0.15) is 42.8 Å². The van der Waals surface area contributed by atoms with Crippen molar-refractivity contribution in [3.05, 3.63) is 41.6 Å². The molecule has 3 rings (SSSR count). The molecule has 2 heterocycles. The summed E-state index contributed by atoms with van der Waals surface area (Å²) in [4.78, 5) is 12.3. The van der Waals surface area contributed by atoms with E-state index in [9.17, 15) is 4.79 Å². The van der Waals surface area contributed by atoms with Crippen LogP contribution in [-0.2, 0) is 19.4 Å². The van der Waals surface area contributed by atoms with Gasteiger partial charge in [-0.3, -0.25) is 4.68 Å². The minimum Gasteiger partial charge on any atom is -0.469 e. The molecule has 0 radical (unpaired) electrons. The van der Waals surface area contributed by atoms with Crippen molar-refractivity contribution in [2.75, 3.05) is 6.61 Å². The number of carbonyl (C=O) groups excluding carboxylic acids is 1. The number of fused-ring (bicyclic) bond motifs is 1. The first-order valence-electron chi connectivity index (χ1n) is 8.42. The van der Waals surface area contributed by atoms with Crippen LogP contribution >= 0.6 is 0 Å². The van der Waals surface area contributed by atoms with Crippen molar-refractivity contribution < 1.29 is 14.3 Å². The highest BCUT2D eigenvalue weighted by Gasteiger charge is 2.25. The Morgan fingerprint density at radius 2 is 2.46 bits per heavy atom. The predicted octanol–water partition coefficient (Wildman–Crippen LogP) is 1.78. The molecule has 0 aromatic carbocycles. The number of aliphatic hydroxyl groups excluding tert-OH is 1. The van der Waals surface area contributed by atoms with E-state index in [0.717, 1.165) is 36.3 Å². The van der Waals surface area contributed by atoms with Gasteiger partial charge in [0.05, 0.1) is 31.7 Å². The van der Waals surface area contributed by atoms with E-state index in [1.54, 1.807) is 12.5 Å². The van der Waals surface area contributed by atoms with Gasteiger partial charge in [-0.1, -0.05) is 0 Å². The summed E-state index contributed by atoms with van der Waals surface area (Å²) in [5.74, 6) is 0.855. The summed E-state index contributed by atoms with van der Waals surface area (Å²) < 4.78 is 7.14. The highest BCUT2D eigenvalue weighted by molar-refractivity contribution is 5.74. The van der Waals surface area contributed by atoms with Gasteiger partial charge in [0.2, 0.25) is 0 Å². The fraction of sp³-hybridized carbons (Fsp3) is 0.529. The Kier molecular flexibility index (Phi) is 5.20. The second kappa shape index (κ2) is 7.53. The zero-order valence-corrected chi connectivity index (χ0v) is 13.9. The highest BCUT2D eigenvalue weighted by atomic mass is 16.3. The van der Waals surface area contributed by atoms with Gasteiger partial charge in [0.25, 0.3) is 0 Å². The SMILES string of the molecule is C[C@H](Cc1ccco1)NC(=O)N[C@H]1CCCc2c1cnn2CCO. The lowest BCUT2D eigenvalue weighted by Gasteiger charge is -2.25. The van der Waals surface area contributed by atoms with Crippen LogP contribution in [0.25, 0.3) is 0 Å². The molecular weight excluding hydrogens is 308 g/mol. The lowest BCUT2D eigenvalue weighted by atomic mass is 9.93. The number of urea groups is 1. The van der Waals surface area contributed by atoms with Crippen molar-refractivity contribution in [3.8, 4) is 0 Å². The van der Waals surface area contributed by atoms with Gasteiger partial charge >= 0.3 is 6.03 Å². The summed E-state index contributed by atoms with van der Waals surface area (Å²) >= 11 is 0. The maximum absolute atomic E-state index is 12.3. The molecule has 1 aliphatic carbocycles. The molecule has 0 aliphatic heterocycles.